The van der Waals surface area contributed by atoms with Crippen LogP contribution in [0.15, 0.2) is 61.6 Å². The van der Waals surface area contributed by atoms with Gasteiger partial charge >= 0.3 is 11.6 Å². The van der Waals surface area contributed by atoms with E-state index < -0.39 is 16.2 Å². The number of aryl methyl sites for hydroxylation is 3. The Labute approximate surface area is 197 Å². The molecule has 0 aliphatic heterocycles. The molecule has 0 aliphatic rings. The zero-order chi connectivity index (χ0) is 24.9. The number of nitro groups is 1. The Kier molecular flexibility index (Phi) is 6.57. The average Bonchev–Trinajstić information content (AvgIpc) is 3.47. The lowest BCUT2D eigenvalue weighted by molar-refractivity contribution is -0.402. The fraction of sp³-hybridized carbons (Fsp3) is 0.182. The van der Waals surface area contributed by atoms with Gasteiger partial charge in [0.2, 0.25) is 5.95 Å². The Bertz CT molecular complexity index is 1540. The van der Waals surface area contributed by atoms with Gasteiger partial charge in [-0.2, -0.15) is 10.1 Å². The topological polar surface area (TPSA) is 163 Å². The monoisotopic (exact) mass is 479 g/mol. The van der Waals surface area contributed by atoms with Crippen molar-refractivity contribution in [2.75, 3.05) is 12.5 Å². The second-order valence-corrected chi connectivity index (χ2v) is 7.36. The SMILES string of the molecule is COc1ccc(CCn2c(N/N=C/C=C/c3ccc([N+](=O)[O-])o3)nc3c2c(=O)[nH]c(=O)n3C)cc1. The number of ether oxygens (including phenoxy) is 1. The van der Waals surface area contributed by atoms with Crippen molar-refractivity contribution < 1.29 is 14.1 Å². The molecule has 180 valence electrons. The molecule has 13 heteroatoms. The molecule has 0 unspecified atom stereocenters. The minimum absolute atomic E-state index is 0.213. The number of imidazole rings is 1. The molecule has 3 heterocycles. The molecule has 13 nitrogen and oxygen atoms in total. The van der Waals surface area contributed by atoms with Crippen molar-refractivity contribution in [1.29, 1.82) is 0 Å². The van der Waals surface area contributed by atoms with Crippen molar-refractivity contribution in [3.8, 4) is 5.75 Å². The van der Waals surface area contributed by atoms with E-state index in [4.69, 9.17) is 9.15 Å². The molecule has 0 bridgehead atoms. The number of nitrogens with one attached hydrogen (secondary N) is 2. The quantitative estimate of drug-likeness (QED) is 0.210. The molecular formula is C22H21N7O6. The predicted octanol–water partition coefficient (Wildman–Crippen LogP) is 2.29. The molecule has 2 N–H and O–H groups in total. The molecule has 3 aromatic heterocycles. The summed E-state index contributed by atoms with van der Waals surface area (Å²) in [6.07, 6.45) is 4.99. The van der Waals surface area contributed by atoms with Gasteiger partial charge < -0.3 is 13.7 Å². The van der Waals surface area contributed by atoms with Crippen molar-refractivity contribution in [2.45, 2.75) is 13.0 Å². The van der Waals surface area contributed by atoms with Gasteiger partial charge in [-0.15, -0.1) is 0 Å². The lowest BCUT2D eigenvalue weighted by Crippen LogP contribution is -2.29. The molecule has 0 fully saturated rings. The maximum Gasteiger partial charge on any atom is 0.433 e. The van der Waals surface area contributed by atoms with Crippen LogP contribution < -0.4 is 21.4 Å². The van der Waals surface area contributed by atoms with Crippen molar-refractivity contribution >= 4 is 35.3 Å². The van der Waals surface area contributed by atoms with E-state index in [0.717, 1.165) is 11.3 Å². The molecule has 35 heavy (non-hydrogen) atoms. The van der Waals surface area contributed by atoms with Crippen LogP contribution in [0.5, 0.6) is 5.75 Å². The molecule has 1 aromatic carbocycles. The normalized spacial score (nSPS) is 11.6. The molecule has 4 rings (SSSR count). The van der Waals surface area contributed by atoms with Crippen LogP contribution in [-0.4, -0.2) is 37.3 Å². The summed E-state index contributed by atoms with van der Waals surface area (Å²) in [5, 5.41) is 14.8. The van der Waals surface area contributed by atoms with Crippen LogP contribution in [0.1, 0.15) is 11.3 Å². The number of allylic oxidation sites excluding steroid dienone is 1. The van der Waals surface area contributed by atoms with Gasteiger partial charge in [0.1, 0.15) is 16.4 Å². The van der Waals surface area contributed by atoms with E-state index in [2.05, 4.69) is 20.5 Å². The van der Waals surface area contributed by atoms with Crippen LogP contribution in [0, 0.1) is 10.1 Å². The minimum Gasteiger partial charge on any atom is -0.497 e. The van der Waals surface area contributed by atoms with Gasteiger partial charge in [-0.1, -0.05) is 12.1 Å². The van der Waals surface area contributed by atoms with Crippen LogP contribution >= 0.6 is 0 Å². The molecule has 0 saturated carbocycles. The largest absolute Gasteiger partial charge is 0.497 e. The highest BCUT2D eigenvalue weighted by atomic mass is 16.6. The molecule has 4 aromatic rings. The van der Waals surface area contributed by atoms with Gasteiger partial charge in [0.15, 0.2) is 11.2 Å². The third kappa shape index (κ3) is 5.03. The summed E-state index contributed by atoms with van der Waals surface area (Å²) >= 11 is 0. The van der Waals surface area contributed by atoms with Gasteiger partial charge in [0.05, 0.1) is 13.2 Å². The maximum atomic E-state index is 12.6. The van der Waals surface area contributed by atoms with Crippen LogP contribution in [0.2, 0.25) is 0 Å². The number of rotatable bonds is 9. The van der Waals surface area contributed by atoms with E-state index in [1.165, 1.54) is 42.1 Å². The van der Waals surface area contributed by atoms with Crippen LogP contribution in [0.25, 0.3) is 17.2 Å². The third-order valence-corrected chi connectivity index (χ3v) is 5.17. The summed E-state index contributed by atoms with van der Waals surface area (Å²) < 4.78 is 13.1. The van der Waals surface area contributed by atoms with Gasteiger partial charge in [-0.25, -0.2) is 10.2 Å². The number of hydrazone groups is 1. The fourth-order valence-corrected chi connectivity index (χ4v) is 3.38. The predicted molar refractivity (Wildman–Crippen MR) is 129 cm³/mol. The van der Waals surface area contributed by atoms with Crippen LogP contribution in [0.3, 0.4) is 0 Å². The number of hydrogen-bond donors (Lipinski definition) is 2. The summed E-state index contributed by atoms with van der Waals surface area (Å²) in [5.41, 5.74) is 3.11. The molecule has 0 spiro atoms. The first-order valence-electron chi connectivity index (χ1n) is 10.4. The van der Waals surface area contributed by atoms with Crippen LogP contribution in [-0.2, 0) is 20.0 Å². The summed E-state index contributed by atoms with van der Waals surface area (Å²) in [4.78, 5) is 41.4. The zero-order valence-electron chi connectivity index (χ0n) is 18.8. The Morgan fingerprint density at radius 1 is 1.26 bits per heavy atom. The first-order chi connectivity index (χ1) is 16.9. The van der Waals surface area contributed by atoms with E-state index >= 15 is 0 Å². The Balaban J connectivity index is 1.58. The Hall–Kier alpha value is -4.94. The number of hydrogen-bond acceptors (Lipinski definition) is 9. The first-order valence-corrected chi connectivity index (χ1v) is 10.4. The lowest BCUT2D eigenvalue weighted by Gasteiger charge is -2.09. The zero-order valence-corrected chi connectivity index (χ0v) is 18.8. The molecular weight excluding hydrogens is 458 g/mol. The van der Waals surface area contributed by atoms with E-state index in [9.17, 15) is 19.7 Å². The van der Waals surface area contributed by atoms with Gasteiger partial charge in [0, 0.05) is 19.8 Å². The highest BCUT2D eigenvalue weighted by molar-refractivity contribution is 5.79. The second-order valence-electron chi connectivity index (χ2n) is 7.36. The second kappa shape index (κ2) is 9.91. The number of methoxy groups -OCH3 is 1. The molecule has 0 aliphatic carbocycles. The number of H-pyrrole nitrogens is 1. The molecule has 0 radical (unpaired) electrons. The summed E-state index contributed by atoms with van der Waals surface area (Å²) in [6.45, 7) is 0.383. The number of benzene rings is 1. The minimum atomic E-state index is -0.627. The fourth-order valence-electron chi connectivity index (χ4n) is 3.38. The Morgan fingerprint density at radius 2 is 2.03 bits per heavy atom. The van der Waals surface area contributed by atoms with Gasteiger partial charge in [-0.3, -0.25) is 24.5 Å². The standard InChI is InChI=1S/C22H21N7O6/c1-27-19-18(20(30)25-22(27)31)28(13-11-14-5-7-15(34-2)8-6-14)21(24-19)26-23-12-3-4-16-9-10-17(35-16)29(32)33/h3-10,12H,11,13H2,1-2H3,(H,24,26)(H,25,30,31)/b4-3+,23-12+. The van der Waals surface area contributed by atoms with Crippen molar-refractivity contribution in [2.24, 2.45) is 12.1 Å². The Morgan fingerprint density at radius 3 is 2.71 bits per heavy atom. The summed E-state index contributed by atoms with van der Waals surface area (Å²) in [6, 6.07) is 10.3. The van der Waals surface area contributed by atoms with Crippen molar-refractivity contribution in [1.82, 2.24) is 19.1 Å². The average molecular weight is 479 g/mol. The van der Waals surface area contributed by atoms with Crippen molar-refractivity contribution in [3.63, 3.8) is 0 Å². The highest BCUT2D eigenvalue weighted by Crippen LogP contribution is 2.18. The lowest BCUT2D eigenvalue weighted by atomic mass is 10.1. The number of furan rings is 1. The van der Waals surface area contributed by atoms with Gasteiger partial charge in [0.25, 0.3) is 5.56 Å². The van der Waals surface area contributed by atoms with E-state index in [-0.39, 0.29) is 28.8 Å². The van der Waals surface area contributed by atoms with E-state index in [1.807, 2.05) is 24.3 Å². The summed E-state index contributed by atoms with van der Waals surface area (Å²) in [5.74, 6) is 0.929. The third-order valence-electron chi connectivity index (χ3n) is 5.17. The maximum absolute atomic E-state index is 12.6. The summed E-state index contributed by atoms with van der Waals surface area (Å²) in [7, 11) is 3.11. The molecule has 0 atom stereocenters. The molecule has 0 saturated heterocycles. The number of fused-ring (bicyclic) bond motifs is 1. The number of anilines is 1. The molecule has 0 amide bonds. The van der Waals surface area contributed by atoms with Crippen molar-refractivity contribution in [3.05, 3.63) is 84.8 Å². The van der Waals surface area contributed by atoms with E-state index in [1.54, 1.807) is 11.7 Å². The smallest absolute Gasteiger partial charge is 0.433 e. The van der Waals surface area contributed by atoms with Gasteiger partial charge in [-0.05, 0) is 42.3 Å². The van der Waals surface area contributed by atoms with Crippen LogP contribution in [0.4, 0.5) is 11.8 Å². The number of aromatic amines is 1. The first kappa shape index (κ1) is 23.2. The van der Waals surface area contributed by atoms with E-state index in [0.29, 0.717) is 13.0 Å². The number of nitrogens with zero attached hydrogens (tertiary/aromatic N) is 5. The number of aromatic nitrogens is 4. The highest BCUT2D eigenvalue weighted by Gasteiger charge is 2.17.